The second-order valence-corrected chi connectivity index (χ2v) is 5.35. The first kappa shape index (κ1) is 12.9. The SMILES string of the molecule is CCC(C)N1C(=O)c2ccccc2NC1C(C)C. The number of amides is 1. The normalized spacial score (nSPS) is 20.6. The van der Waals surface area contributed by atoms with E-state index in [0.29, 0.717) is 5.92 Å². The lowest BCUT2D eigenvalue weighted by Crippen LogP contribution is -2.54. The number of nitrogens with one attached hydrogen (secondary N) is 1. The zero-order valence-electron chi connectivity index (χ0n) is 11.6. The van der Waals surface area contributed by atoms with Gasteiger partial charge in [0.1, 0.15) is 6.17 Å². The Morgan fingerprint density at radius 3 is 2.56 bits per heavy atom. The first-order chi connectivity index (χ1) is 8.56. The molecule has 0 fully saturated rings. The van der Waals surface area contributed by atoms with E-state index in [2.05, 4.69) is 33.0 Å². The monoisotopic (exact) mass is 246 g/mol. The summed E-state index contributed by atoms with van der Waals surface area (Å²) in [4.78, 5) is 14.6. The van der Waals surface area contributed by atoms with Crippen LogP contribution in [0.1, 0.15) is 44.5 Å². The number of fused-ring (bicyclic) bond motifs is 1. The molecular formula is C15H22N2O. The predicted octanol–water partition coefficient (Wildman–Crippen LogP) is 3.33. The smallest absolute Gasteiger partial charge is 0.257 e. The van der Waals surface area contributed by atoms with Gasteiger partial charge in [-0.3, -0.25) is 4.79 Å². The van der Waals surface area contributed by atoms with Gasteiger partial charge in [0.15, 0.2) is 0 Å². The Morgan fingerprint density at radius 1 is 1.28 bits per heavy atom. The number of hydrogen-bond acceptors (Lipinski definition) is 2. The summed E-state index contributed by atoms with van der Waals surface area (Å²) in [7, 11) is 0. The molecule has 3 heteroatoms. The van der Waals surface area contributed by atoms with Crippen molar-refractivity contribution in [2.24, 2.45) is 5.92 Å². The highest BCUT2D eigenvalue weighted by molar-refractivity contribution is 6.01. The first-order valence-electron chi connectivity index (χ1n) is 6.74. The molecule has 1 aromatic carbocycles. The van der Waals surface area contributed by atoms with Gasteiger partial charge in [0.2, 0.25) is 0 Å². The van der Waals surface area contributed by atoms with Crippen LogP contribution in [0.25, 0.3) is 0 Å². The van der Waals surface area contributed by atoms with Crippen molar-refractivity contribution in [2.75, 3.05) is 5.32 Å². The minimum atomic E-state index is 0.0855. The van der Waals surface area contributed by atoms with E-state index in [1.807, 2.05) is 29.2 Å². The molecule has 0 radical (unpaired) electrons. The van der Waals surface area contributed by atoms with Gasteiger partial charge in [0, 0.05) is 11.7 Å². The van der Waals surface area contributed by atoms with Gasteiger partial charge in [-0.1, -0.05) is 32.9 Å². The molecule has 1 aliphatic heterocycles. The topological polar surface area (TPSA) is 32.3 Å². The molecule has 18 heavy (non-hydrogen) atoms. The molecule has 2 unspecified atom stereocenters. The molecular weight excluding hydrogens is 224 g/mol. The van der Waals surface area contributed by atoms with Crippen LogP contribution in [0.3, 0.4) is 0 Å². The molecule has 1 heterocycles. The van der Waals surface area contributed by atoms with E-state index in [9.17, 15) is 4.79 Å². The van der Waals surface area contributed by atoms with Gasteiger partial charge in [-0.25, -0.2) is 0 Å². The van der Waals surface area contributed by atoms with Crippen molar-refractivity contribution in [3.8, 4) is 0 Å². The molecule has 2 rings (SSSR count). The van der Waals surface area contributed by atoms with Crippen molar-refractivity contribution < 1.29 is 4.79 Å². The van der Waals surface area contributed by atoms with E-state index >= 15 is 0 Å². The van der Waals surface area contributed by atoms with Crippen LogP contribution in [-0.2, 0) is 0 Å². The third-order valence-corrected chi connectivity index (χ3v) is 3.69. The number of para-hydroxylation sites is 1. The van der Waals surface area contributed by atoms with Crippen LogP contribution < -0.4 is 5.32 Å². The lowest BCUT2D eigenvalue weighted by Gasteiger charge is -2.43. The van der Waals surface area contributed by atoms with Crippen LogP contribution in [0.4, 0.5) is 5.69 Å². The van der Waals surface area contributed by atoms with Crippen molar-refractivity contribution in [3.63, 3.8) is 0 Å². The molecule has 2 atom stereocenters. The Balaban J connectivity index is 2.42. The molecule has 1 aliphatic rings. The summed E-state index contributed by atoms with van der Waals surface area (Å²) < 4.78 is 0. The number of anilines is 1. The average Bonchev–Trinajstić information content (AvgIpc) is 2.37. The molecule has 0 spiro atoms. The van der Waals surface area contributed by atoms with Crippen LogP contribution in [0.15, 0.2) is 24.3 Å². The fourth-order valence-electron chi connectivity index (χ4n) is 2.45. The third kappa shape index (κ3) is 2.09. The predicted molar refractivity (Wildman–Crippen MR) is 74.6 cm³/mol. The maximum Gasteiger partial charge on any atom is 0.257 e. The molecule has 0 bridgehead atoms. The molecule has 1 aromatic rings. The Bertz CT molecular complexity index is 442. The molecule has 0 aromatic heterocycles. The number of carbonyl (C=O) groups is 1. The summed E-state index contributed by atoms with van der Waals surface area (Å²) in [5, 5.41) is 3.50. The molecule has 0 saturated heterocycles. The second kappa shape index (κ2) is 5.01. The van der Waals surface area contributed by atoms with Crippen LogP contribution in [0.2, 0.25) is 0 Å². The maximum absolute atomic E-state index is 12.6. The van der Waals surface area contributed by atoms with Gasteiger partial charge >= 0.3 is 0 Å². The van der Waals surface area contributed by atoms with Crippen molar-refractivity contribution >= 4 is 11.6 Å². The first-order valence-corrected chi connectivity index (χ1v) is 6.74. The molecule has 3 nitrogen and oxygen atoms in total. The molecule has 0 aliphatic carbocycles. The fourth-order valence-corrected chi connectivity index (χ4v) is 2.45. The summed E-state index contributed by atoms with van der Waals surface area (Å²) >= 11 is 0. The summed E-state index contributed by atoms with van der Waals surface area (Å²) in [6.45, 7) is 8.53. The third-order valence-electron chi connectivity index (χ3n) is 3.69. The summed E-state index contributed by atoms with van der Waals surface area (Å²) in [5.41, 5.74) is 1.75. The number of nitrogens with zero attached hydrogens (tertiary/aromatic N) is 1. The second-order valence-electron chi connectivity index (χ2n) is 5.35. The van der Waals surface area contributed by atoms with Crippen LogP contribution in [-0.4, -0.2) is 23.0 Å². The number of benzene rings is 1. The van der Waals surface area contributed by atoms with E-state index in [1.165, 1.54) is 0 Å². The van der Waals surface area contributed by atoms with Gasteiger partial charge in [-0.15, -0.1) is 0 Å². The van der Waals surface area contributed by atoms with E-state index in [-0.39, 0.29) is 18.1 Å². The molecule has 98 valence electrons. The Labute approximate surface area is 109 Å². The van der Waals surface area contributed by atoms with Crippen molar-refractivity contribution in [2.45, 2.75) is 46.3 Å². The van der Waals surface area contributed by atoms with Gasteiger partial charge < -0.3 is 10.2 Å². The summed E-state index contributed by atoms with van der Waals surface area (Å²) in [5.74, 6) is 0.536. The fraction of sp³-hybridized carbons (Fsp3) is 0.533. The van der Waals surface area contributed by atoms with Crippen molar-refractivity contribution in [3.05, 3.63) is 29.8 Å². The average molecular weight is 246 g/mol. The Hall–Kier alpha value is -1.51. The van der Waals surface area contributed by atoms with Crippen molar-refractivity contribution in [1.82, 2.24) is 4.90 Å². The number of hydrogen-bond donors (Lipinski definition) is 1. The van der Waals surface area contributed by atoms with E-state index < -0.39 is 0 Å². The van der Waals surface area contributed by atoms with Gasteiger partial charge in [0.25, 0.3) is 5.91 Å². The number of carbonyl (C=O) groups excluding carboxylic acids is 1. The highest BCUT2D eigenvalue weighted by atomic mass is 16.2. The van der Waals surface area contributed by atoms with Gasteiger partial charge in [-0.05, 0) is 31.4 Å². The zero-order chi connectivity index (χ0) is 13.3. The largest absolute Gasteiger partial charge is 0.364 e. The maximum atomic E-state index is 12.6. The molecule has 0 saturated carbocycles. The van der Waals surface area contributed by atoms with Crippen molar-refractivity contribution in [1.29, 1.82) is 0 Å². The summed E-state index contributed by atoms with van der Waals surface area (Å²) in [6, 6.07) is 8.02. The van der Waals surface area contributed by atoms with E-state index in [0.717, 1.165) is 17.7 Å². The van der Waals surface area contributed by atoms with E-state index in [1.54, 1.807) is 0 Å². The van der Waals surface area contributed by atoms with Crippen LogP contribution in [0.5, 0.6) is 0 Å². The minimum absolute atomic E-state index is 0.0855. The van der Waals surface area contributed by atoms with Gasteiger partial charge in [0.05, 0.1) is 5.56 Å². The highest BCUT2D eigenvalue weighted by Gasteiger charge is 2.35. The lowest BCUT2D eigenvalue weighted by molar-refractivity contribution is 0.0538. The van der Waals surface area contributed by atoms with E-state index in [4.69, 9.17) is 0 Å². The standard InChI is InChI=1S/C15H22N2O/c1-5-11(4)17-14(10(2)3)16-13-9-7-6-8-12(13)15(17)18/h6-11,14,16H,5H2,1-4H3. The zero-order valence-corrected chi connectivity index (χ0v) is 11.6. The van der Waals surface area contributed by atoms with Crippen LogP contribution in [0, 0.1) is 5.92 Å². The highest BCUT2D eigenvalue weighted by Crippen LogP contribution is 2.29. The minimum Gasteiger partial charge on any atom is -0.364 e. The van der Waals surface area contributed by atoms with Gasteiger partial charge in [-0.2, -0.15) is 0 Å². The van der Waals surface area contributed by atoms with Crippen LogP contribution >= 0.6 is 0 Å². The Morgan fingerprint density at radius 2 is 1.94 bits per heavy atom. The molecule has 1 N–H and O–H groups in total. The summed E-state index contributed by atoms with van der Waals surface area (Å²) in [6.07, 6.45) is 1.06. The molecule has 1 amide bonds. The Kier molecular flexibility index (Phi) is 3.60. The number of rotatable bonds is 3. The lowest BCUT2D eigenvalue weighted by atomic mass is 9.99. The quantitative estimate of drug-likeness (QED) is 0.887.